The zero-order chi connectivity index (χ0) is 4.83. The van der Waals surface area contributed by atoms with Crippen molar-refractivity contribution >= 4 is 23.1 Å². The molecule has 1 atom stereocenters. The van der Waals surface area contributed by atoms with Crippen molar-refractivity contribution in [3.8, 4) is 0 Å². The third-order valence-corrected chi connectivity index (χ3v) is 2.18. The van der Waals surface area contributed by atoms with Gasteiger partial charge in [0.2, 0.25) is 0 Å². The van der Waals surface area contributed by atoms with Crippen LogP contribution in [0, 0.1) is 0 Å². The minimum atomic E-state index is 0. The van der Waals surface area contributed by atoms with Gasteiger partial charge in [-0.1, -0.05) is 0 Å². The zero-order valence-electron chi connectivity index (χ0n) is 4.95. The maximum absolute atomic E-state index is 2.76. The Kier molecular flexibility index (Phi) is 32.2. The van der Waals surface area contributed by atoms with Gasteiger partial charge in [0, 0.05) is 0 Å². The molecular formula is C4H10AlCl2P. The fourth-order valence-electron chi connectivity index (χ4n) is 0.279. The van der Waals surface area contributed by atoms with Crippen molar-refractivity contribution in [1.29, 1.82) is 0 Å². The molecule has 0 rings (SSSR count). The third kappa shape index (κ3) is 15.6. The van der Waals surface area contributed by atoms with E-state index in [0.29, 0.717) is 0 Å². The molecular weight excluding hydrogens is 177 g/mol. The second kappa shape index (κ2) is 15.8. The van der Waals surface area contributed by atoms with Gasteiger partial charge in [0.05, 0.1) is 0 Å². The Balaban J connectivity index is -0.000000125. The maximum atomic E-state index is 2.76. The second-order valence-corrected chi connectivity index (χ2v) is 3.44. The Bertz CT molecular complexity index is 26.0. The molecule has 4 heteroatoms. The van der Waals surface area contributed by atoms with Crippen molar-refractivity contribution in [2.75, 3.05) is 6.16 Å². The number of unbranched alkanes of at least 4 members (excludes halogenated alkanes) is 1. The molecule has 0 aromatic rings. The molecule has 0 bridgehead atoms. The minimum absolute atomic E-state index is 0. The van der Waals surface area contributed by atoms with Crippen LogP contribution in [0.2, 0.25) is 0 Å². The summed E-state index contributed by atoms with van der Waals surface area (Å²) in [6.07, 6.45) is 4.16. The van der Waals surface area contributed by atoms with Crippen LogP contribution in [-0.2, 0) is 0 Å². The topological polar surface area (TPSA) is 0 Å². The molecule has 0 nitrogen and oxygen atoms in total. The van der Waals surface area contributed by atoms with Gasteiger partial charge in [0.25, 0.3) is 0 Å². The van der Waals surface area contributed by atoms with Gasteiger partial charge in [-0.05, 0) is 0 Å². The van der Waals surface area contributed by atoms with Gasteiger partial charge < -0.3 is 24.8 Å². The predicted octanol–water partition coefficient (Wildman–Crippen LogP) is -4.44. The van der Waals surface area contributed by atoms with E-state index in [2.05, 4.69) is 22.8 Å². The van der Waals surface area contributed by atoms with E-state index in [1.807, 2.05) is 0 Å². The van der Waals surface area contributed by atoms with Gasteiger partial charge in [-0.25, -0.2) is 0 Å². The van der Waals surface area contributed by atoms with Gasteiger partial charge in [-0.2, -0.15) is 0 Å². The summed E-state index contributed by atoms with van der Waals surface area (Å²) < 4.78 is 0. The minimum Gasteiger partial charge on any atom is -1.00 e. The Morgan fingerprint density at radius 2 is 1.88 bits per heavy atom. The molecule has 48 valence electrons. The molecule has 0 fully saturated rings. The first-order valence-electron chi connectivity index (χ1n) is 2.35. The van der Waals surface area contributed by atoms with Crippen LogP contribution in [0.25, 0.3) is 0 Å². The Hall–Kier alpha value is 1.54. The van der Waals surface area contributed by atoms with Crippen molar-refractivity contribution in [2.45, 2.75) is 19.8 Å². The van der Waals surface area contributed by atoms with Crippen molar-refractivity contribution in [3.05, 3.63) is 0 Å². The van der Waals surface area contributed by atoms with E-state index < -0.39 is 0 Å². The molecule has 0 aromatic carbocycles. The normalized spacial score (nSPS) is 8.38. The van der Waals surface area contributed by atoms with E-state index in [1.54, 1.807) is 0 Å². The van der Waals surface area contributed by atoms with E-state index >= 15 is 0 Å². The molecule has 1 unspecified atom stereocenters. The average molecular weight is 187 g/mol. The first kappa shape index (κ1) is 16.3. The molecule has 0 amide bonds. The van der Waals surface area contributed by atoms with E-state index in [-0.39, 0.29) is 24.8 Å². The van der Waals surface area contributed by atoms with Gasteiger partial charge in [0.15, 0.2) is 0 Å². The van der Waals surface area contributed by atoms with Crippen molar-refractivity contribution in [3.63, 3.8) is 0 Å². The van der Waals surface area contributed by atoms with E-state index in [0.717, 1.165) is 7.23 Å². The summed E-state index contributed by atoms with van der Waals surface area (Å²) in [5, 5.41) is 0. The van der Waals surface area contributed by atoms with E-state index in [1.165, 1.54) is 19.0 Å². The van der Waals surface area contributed by atoms with Crippen LogP contribution in [-0.4, -0.2) is 22.0 Å². The van der Waals surface area contributed by atoms with Gasteiger partial charge in [-0.15, -0.1) is 0 Å². The van der Waals surface area contributed by atoms with Crippen LogP contribution in [0.15, 0.2) is 0 Å². The summed E-state index contributed by atoms with van der Waals surface area (Å²) in [7, 11) is 1.08. The van der Waals surface area contributed by atoms with Crippen molar-refractivity contribution in [2.24, 2.45) is 0 Å². The quantitative estimate of drug-likeness (QED) is 0.237. The summed E-state index contributed by atoms with van der Waals surface area (Å²) in [5.41, 5.74) is 0. The fraction of sp³-hybridized carbons (Fsp3) is 1.00. The standard InChI is InChI=1S/C4H10P.Al.2ClH/c1-2-3-4-5;;;/h5H,2-4H2,1H3;;2*1H/q-1;+3;;/p-2. The van der Waals surface area contributed by atoms with Crippen LogP contribution in [0.3, 0.4) is 0 Å². The summed E-state index contributed by atoms with van der Waals surface area (Å²) in [6, 6.07) is 0. The molecule has 0 saturated heterocycles. The van der Waals surface area contributed by atoms with Gasteiger partial charge in [-0.3, -0.25) is 0 Å². The largest absolute Gasteiger partial charge is 1.00 e. The summed E-state index contributed by atoms with van der Waals surface area (Å²) in [6.45, 7) is 2.23. The Labute approximate surface area is 73.8 Å². The number of hydrogen-bond acceptors (Lipinski definition) is 0. The first-order chi connectivity index (χ1) is 2.91. The smallest absolute Gasteiger partial charge is 1.00 e. The zero-order valence-corrected chi connectivity index (χ0v) is 8.62. The average Bonchev–Trinajstić information content (AvgIpc) is 1.61. The number of hydrogen-bond donors (Lipinski definition) is 0. The fourth-order valence-corrected chi connectivity index (χ4v) is 1.45. The van der Waals surface area contributed by atoms with E-state index in [9.17, 15) is 0 Å². The summed E-state index contributed by atoms with van der Waals surface area (Å²) in [4.78, 5) is 0. The molecule has 0 heterocycles. The predicted molar refractivity (Wildman–Crippen MR) is 33.8 cm³/mol. The molecule has 0 N–H and O–H groups in total. The van der Waals surface area contributed by atoms with Crippen LogP contribution in [0.5, 0.6) is 0 Å². The van der Waals surface area contributed by atoms with Crippen LogP contribution in [0.4, 0.5) is 0 Å². The van der Waals surface area contributed by atoms with Crippen molar-refractivity contribution in [1.82, 2.24) is 0 Å². The Morgan fingerprint density at radius 3 is 2.00 bits per heavy atom. The molecule has 0 radical (unpaired) electrons. The number of rotatable bonds is 3. The molecule has 0 saturated carbocycles. The maximum Gasteiger partial charge on any atom is -1.00 e. The third-order valence-electron chi connectivity index (χ3n) is 0.675. The summed E-state index contributed by atoms with van der Waals surface area (Å²) in [5.74, 6) is 0. The number of halogens is 2. The molecule has 8 heavy (non-hydrogen) atoms. The molecule has 0 aliphatic rings. The molecule has 0 aliphatic heterocycles. The Morgan fingerprint density at radius 1 is 1.38 bits per heavy atom. The molecule has 0 aromatic heterocycles. The monoisotopic (exact) mass is 186 g/mol. The van der Waals surface area contributed by atoms with Crippen molar-refractivity contribution < 1.29 is 24.8 Å². The van der Waals surface area contributed by atoms with Crippen LogP contribution < -0.4 is 24.8 Å². The molecule has 0 aliphatic carbocycles. The first-order valence-corrected chi connectivity index (χ1v) is 5.37. The van der Waals surface area contributed by atoms with Gasteiger partial charge in [0.1, 0.15) is 0 Å². The second-order valence-electron chi connectivity index (χ2n) is 1.31. The molecule has 0 spiro atoms. The van der Waals surface area contributed by atoms with Gasteiger partial charge >= 0.3 is 49.0 Å². The van der Waals surface area contributed by atoms with Crippen LogP contribution in [0.1, 0.15) is 19.8 Å². The SMILES string of the molecule is CCCC[PH][Al+2].[Cl-].[Cl-]. The van der Waals surface area contributed by atoms with E-state index in [4.69, 9.17) is 0 Å². The van der Waals surface area contributed by atoms with Crippen LogP contribution >= 0.6 is 7.23 Å². The summed E-state index contributed by atoms with van der Waals surface area (Å²) >= 11 is 2.76.